The maximum absolute atomic E-state index is 5.83. The lowest BCUT2D eigenvalue weighted by Gasteiger charge is -2.34. The Morgan fingerprint density at radius 2 is 2.28 bits per heavy atom. The highest BCUT2D eigenvalue weighted by Crippen LogP contribution is 2.19. The van der Waals surface area contributed by atoms with Gasteiger partial charge in [-0.25, -0.2) is 0 Å². The van der Waals surface area contributed by atoms with E-state index < -0.39 is 0 Å². The van der Waals surface area contributed by atoms with Crippen molar-refractivity contribution in [2.24, 2.45) is 0 Å². The van der Waals surface area contributed by atoms with E-state index in [0.29, 0.717) is 18.3 Å². The predicted molar refractivity (Wildman–Crippen MR) is 72.8 cm³/mol. The van der Waals surface area contributed by atoms with Crippen molar-refractivity contribution in [3.63, 3.8) is 0 Å². The van der Waals surface area contributed by atoms with E-state index in [0.717, 1.165) is 38.5 Å². The molecule has 0 amide bonds. The van der Waals surface area contributed by atoms with E-state index in [1.54, 1.807) is 0 Å². The molecule has 1 atom stereocenters. The van der Waals surface area contributed by atoms with Gasteiger partial charge < -0.3 is 15.2 Å². The second-order valence-electron chi connectivity index (χ2n) is 4.56. The summed E-state index contributed by atoms with van der Waals surface area (Å²) >= 11 is 0. The number of rotatable bonds is 5. The van der Waals surface area contributed by atoms with Crippen molar-refractivity contribution >= 4 is 5.69 Å². The van der Waals surface area contributed by atoms with Crippen LogP contribution in [-0.2, 0) is 4.74 Å². The minimum atomic E-state index is 0.524. The van der Waals surface area contributed by atoms with Gasteiger partial charge in [0.25, 0.3) is 0 Å². The fourth-order valence-corrected chi connectivity index (χ4v) is 2.24. The molecule has 0 aliphatic carbocycles. The third kappa shape index (κ3) is 3.37. The van der Waals surface area contributed by atoms with Gasteiger partial charge in [0.2, 0.25) is 0 Å². The smallest absolute Gasteiger partial charge is 0.142 e. The molecule has 1 saturated heterocycles. The first kappa shape index (κ1) is 13.2. The molecule has 1 aliphatic rings. The zero-order chi connectivity index (χ0) is 12.8. The molecule has 0 spiro atoms. The van der Waals surface area contributed by atoms with E-state index in [9.17, 15) is 0 Å². The number of para-hydroxylation sites is 2. The van der Waals surface area contributed by atoms with E-state index >= 15 is 0 Å². The first-order valence-electron chi connectivity index (χ1n) is 6.60. The molecule has 0 radical (unpaired) electrons. The minimum Gasteiger partial charge on any atom is -0.490 e. The van der Waals surface area contributed by atoms with Crippen molar-refractivity contribution in [3.8, 4) is 5.75 Å². The molecule has 4 nitrogen and oxygen atoms in total. The van der Waals surface area contributed by atoms with E-state index in [1.807, 2.05) is 24.3 Å². The number of hydrogen-bond acceptors (Lipinski definition) is 4. The van der Waals surface area contributed by atoms with Gasteiger partial charge in [-0.05, 0) is 18.6 Å². The van der Waals surface area contributed by atoms with Crippen LogP contribution in [0.15, 0.2) is 24.3 Å². The number of nitrogen functional groups attached to an aromatic ring is 1. The van der Waals surface area contributed by atoms with Crippen LogP contribution in [0.1, 0.15) is 13.3 Å². The number of nitrogens with zero attached hydrogens (tertiary/aromatic N) is 1. The van der Waals surface area contributed by atoms with Crippen LogP contribution >= 0.6 is 0 Å². The standard InChI is InChI=1S/C14H22N2O2/c1-2-12-11-17-9-7-16(12)8-10-18-14-6-4-3-5-13(14)15/h3-6,12H,2,7-11,15H2,1H3. The molecule has 4 heteroatoms. The Labute approximate surface area is 109 Å². The van der Waals surface area contributed by atoms with Crippen molar-refractivity contribution in [1.29, 1.82) is 0 Å². The van der Waals surface area contributed by atoms with Gasteiger partial charge in [0, 0.05) is 19.1 Å². The fourth-order valence-electron chi connectivity index (χ4n) is 2.24. The van der Waals surface area contributed by atoms with Crippen LogP contribution in [0.2, 0.25) is 0 Å². The summed E-state index contributed by atoms with van der Waals surface area (Å²) in [5.74, 6) is 0.777. The Hall–Kier alpha value is -1.26. The molecule has 2 rings (SSSR count). The molecule has 1 fully saturated rings. The highest BCUT2D eigenvalue weighted by molar-refractivity contribution is 5.51. The Balaban J connectivity index is 1.79. The number of ether oxygens (including phenoxy) is 2. The lowest BCUT2D eigenvalue weighted by Crippen LogP contribution is -2.46. The topological polar surface area (TPSA) is 47.7 Å². The summed E-state index contributed by atoms with van der Waals surface area (Å²) in [5, 5.41) is 0. The largest absolute Gasteiger partial charge is 0.490 e. The zero-order valence-electron chi connectivity index (χ0n) is 11.0. The molecule has 1 aromatic carbocycles. The molecule has 1 aliphatic heterocycles. The molecule has 0 saturated carbocycles. The van der Waals surface area contributed by atoms with Crippen LogP contribution in [0, 0.1) is 0 Å². The Bertz CT molecular complexity index is 371. The first-order chi connectivity index (χ1) is 8.81. The monoisotopic (exact) mass is 250 g/mol. The number of anilines is 1. The van der Waals surface area contributed by atoms with E-state index in [2.05, 4.69) is 11.8 Å². The normalized spacial score (nSPS) is 20.8. The van der Waals surface area contributed by atoms with Crippen LogP contribution < -0.4 is 10.5 Å². The molecule has 18 heavy (non-hydrogen) atoms. The molecule has 1 unspecified atom stereocenters. The third-order valence-electron chi connectivity index (χ3n) is 3.38. The second kappa shape index (κ2) is 6.61. The van der Waals surface area contributed by atoms with Gasteiger partial charge in [-0.1, -0.05) is 19.1 Å². The van der Waals surface area contributed by atoms with Gasteiger partial charge in [-0.15, -0.1) is 0 Å². The predicted octanol–water partition coefficient (Wildman–Crippen LogP) is 1.76. The van der Waals surface area contributed by atoms with Gasteiger partial charge in [0.05, 0.1) is 18.9 Å². The molecule has 1 heterocycles. The highest BCUT2D eigenvalue weighted by atomic mass is 16.5. The Kier molecular flexibility index (Phi) is 4.84. The van der Waals surface area contributed by atoms with Crippen LogP contribution in [0.5, 0.6) is 5.75 Å². The van der Waals surface area contributed by atoms with E-state index in [4.69, 9.17) is 15.2 Å². The van der Waals surface area contributed by atoms with E-state index in [1.165, 1.54) is 0 Å². The van der Waals surface area contributed by atoms with Gasteiger partial charge >= 0.3 is 0 Å². The van der Waals surface area contributed by atoms with Crippen LogP contribution in [-0.4, -0.2) is 43.9 Å². The SMILES string of the molecule is CCC1COCCN1CCOc1ccccc1N. The summed E-state index contributed by atoms with van der Waals surface area (Å²) in [4.78, 5) is 2.43. The Morgan fingerprint density at radius 1 is 1.44 bits per heavy atom. The summed E-state index contributed by atoms with van der Waals surface area (Å²) in [6.07, 6.45) is 1.12. The maximum atomic E-state index is 5.83. The van der Waals surface area contributed by atoms with Crippen molar-refractivity contribution < 1.29 is 9.47 Å². The Morgan fingerprint density at radius 3 is 3.06 bits per heavy atom. The van der Waals surface area contributed by atoms with Crippen LogP contribution in [0.25, 0.3) is 0 Å². The average molecular weight is 250 g/mol. The van der Waals surface area contributed by atoms with Crippen molar-refractivity contribution in [2.45, 2.75) is 19.4 Å². The number of nitrogens with two attached hydrogens (primary N) is 1. The van der Waals surface area contributed by atoms with Crippen molar-refractivity contribution in [2.75, 3.05) is 38.6 Å². The quantitative estimate of drug-likeness (QED) is 0.809. The summed E-state index contributed by atoms with van der Waals surface area (Å²) in [6, 6.07) is 8.15. The van der Waals surface area contributed by atoms with Gasteiger partial charge in [-0.3, -0.25) is 4.90 Å². The van der Waals surface area contributed by atoms with E-state index in [-0.39, 0.29) is 0 Å². The lowest BCUT2D eigenvalue weighted by molar-refractivity contribution is -0.0132. The zero-order valence-corrected chi connectivity index (χ0v) is 11.0. The molecular weight excluding hydrogens is 228 g/mol. The van der Waals surface area contributed by atoms with Gasteiger partial charge in [0.1, 0.15) is 12.4 Å². The van der Waals surface area contributed by atoms with Gasteiger partial charge in [0.15, 0.2) is 0 Å². The summed E-state index contributed by atoms with van der Waals surface area (Å²) in [7, 11) is 0. The second-order valence-corrected chi connectivity index (χ2v) is 4.56. The van der Waals surface area contributed by atoms with Gasteiger partial charge in [-0.2, -0.15) is 0 Å². The molecular formula is C14H22N2O2. The fraction of sp³-hybridized carbons (Fsp3) is 0.571. The lowest BCUT2D eigenvalue weighted by atomic mass is 10.2. The van der Waals surface area contributed by atoms with Crippen LogP contribution in [0.4, 0.5) is 5.69 Å². The number of benzene rings is 1. The van der Waals surface area contributed by atoms with Crippen LogP contribution in [0.3, 0.4) is 0 Å². The maximum Gasteiger partial charge on any atom is 0.142 e. The molecule has 100 valence electrons. The summed E-state index contributed by atoms with van der Waals surface area (Å²) in [5.41, 5.74) is 6.54. The molecule has 0 bridgehead atoms. The molecule has 0 aromatic heterocycles. The third-order valence-corrected chi connectivity index (χ3v) is 3.38. The number of morpholine rings is 1. The summed E-state index contributed by atoms with van der Waals surface area (Å²) in [6.45, 7) is 6.45. The number of hydrogen-bond donors (Lipinski definition) is 1. The molecule has 1 aromatic rings. The molecule has 2 N–H and O–H groups in total. The van der Waals surface area contributed by atoms with Crippen molar-refractivity contribution in [1.82, 2.24) is 4.90 Å². The summed E-state index contributed by atoms with van der Waals surface area (Å²) < 4.78 is 11.2. The first-order valence-corrected chi connectivity index (χ1v) is 6.60. The highest BCUT2D eigenvalue weighted by Gasteiger charge is 2.20. The minimum absolute atomic E-state index is 0.524. The van der Waals surface area contributed by atoms with Crippen molar-refractivity contribution in [3.05, 3.63) is 24.3 Å². The average Bonchev–Trinajstić information content (AvgIpc) is 2.41.